The number of nitrogens with one attached hydrogen (secondary N) is 1. The van der Waals surface area contributed by atoms with Crippen molar-refractivity contribution >= 4 is 34.8 Å². The maximum absolute atomic E-state index is 12.1. The standard InChI is InChI=1S/C16H15Cl2NO3/c1-22-15-6-5-11(7-10(15)9-20)19-16(21)8-12-13(17)3-2-4-14(12)18/h2-7,20H,8-9H2,1H3,(H,19,21). The third kappa shape index (κ3) is 3.91. The Labute approximate surface area is 138 Å². The summed E-state index contributed by atoms with van der Waals surface area (Å²) >= 11 is 12.1. The molecule has 0 saturated carbocycles. The number of rotatable bonds is 5. The lowest BCUT2D eigenvalue weighted by atomic mass is 10.1. The largest absolute Gasteiger partial charge is 0.496 e. The number of carbonyl (C=O) groups is 1. The monoisotopic (exact) mass is 339 g/mol. The van der Waals surface area contributed by atoms with E-state index in [9.17, 15) is 9.90 Å². The predicted octanol–water partition coefficient (Wildman–Crippen LogP) is 3.68. The van der Waals surface area contributed by atoms with Crippen molar-refractivity contribution < 1.29 is 14.6 Å². The molecule has 2 aromatic rings. The van der Waals surface area contributed by atoms with E-state index in [1.54, 1.807) is 36.4 Å². The van der Waals surface area contributed by atoms with Crippen LogP contribution in [-0.4, -0.2) is 18.1 Å². The fraction of sp³-hybridized carbons (Fsp3) is 0.188. The Bertz CT molecular complexity index is 669. The molecule has 4 nitrogen and oxygen atoms in total. The van der Waals surface area contributed by atoms with Crippen LogP contribution in [0.3, 0.4) is 0 Å². The normalized spacial score (nSPS) is 10.4. The van der Waals surface area contributed by atoms with Gasteiger partial charge in [-0.1, -0.05) is 29.3 Å². The summed E-state index contributed by atoms with van der Waals surface area (Å²) in [6.45, 7) is -0.177. The van der Waals surface area contributed by atoms with Gasteiger partial charge in [-0.05, 0) is 35.9 Å². The van der Waals surface area contributed by atoms with Crippen LogP contribution in [-0.2, 0) is 17.8 Å². The summed E-state index contributed by atoms with van der Waals surface area (Å²) in [6.07, 6.45) is 0.0684. The van der Waals surface area contributed by atoms with E-state index in [1.807, 2.05) is 0 Å². The first kappa shape index (κ1) is 16.6. The number of methoxy groups -OCH3 is 1. The Morgan fingerprint density at radius 3 is 2.50 bits per heavy atom. The van der Waals surface area contributed by atoms with Gasteiger partial charge in [0.15, 0.2) is 0 Å². The Kier molecular flexibility index (Phi) is 5.66. The van der Waals surface area contributed by atoms with Crippen molar-refractivity contribution in [2.45, 2.75) is 13.0 Å². The molecule has 0 saturated heterocycles. The first-order chi connectivity index (χ1) is 10.5. The zero-order valence-corrected chi connectivity index (χ0v) is 13.4. The van der Waals surface area contributed by atoms with Gasteiger partial charge < -0.3 is 15.2 Å². The smallest absolute Gasteiger partial charge is 0.228 e. The van der Waals surface area contributed by atoms with Crippen molar-refractivity contribution in [3.05, 3.63) is 57.6 Å². The molecule has 116 valence electrons. The molecule has 0 heterocycles. The van der Waals surface area contributed by atoms with Crippen molar-refractivity contribution in [1.29, 1.82) is 0 Å². The minimum atomic E-state index is -0.246. The Balaban J connectivity index is 2.12. The highest BCUT2D eigenvalue weighted by atomic mass is 35.5. The van der Waals surface area contributed by atoms with Gasteiger partial charge in [0.05, 0.1) is 20.1 Å². The number of halogens is 2. The lowest BCUT2D eigenvalue weighted by Crippen LogP contribution is -2.15. The first-order valence-corrected chi connectivity index (χ1v) is 7.31. The van der Waals surface area contributed by atoms with E-state index < -0.39 is 0 Å². The highest BCUT2D eigenvalue weighted by Crippen LogP contribution is 2.26. The highest BCUT2D eigenvalue weighted by molar-refractivity contribution is 6.36. The summed E-state index contributed by atoms with van der Waals surface area (Å²) in [5.74, 6) is 0.318. The highest BCUT2D eigenvalue weighted by Gasteiger charge is 2.12. The van der Waals surface area contributed by atoms with Gasteiger partial charge in [-0.2, -0.15) is 0 Å². The topological polar surface area (TPSA) is 58.6 Å². The number of hydrogen-bond donors (Lipinski definition) is 2. The molecule has 0 unspecified atom stereocenters. The first-order valence-electron chi connectivity index (χ1n) is 6.55. The average Bonchev–Trinajstić information content (AvgIpc) is 2.51. The molecule has 2 rings (SSSR count). The van der Waals surface area contributed by atoms with Crippen molar-refractivity contribution in [2.75, 3.05) is 12.4 Å². The number of aliphatic hydroxyl groups excluding tert-OH is 1. The van der Waals surface area contributed by atoms with Gasteiger partial charge >= 0.3 is 0 Å². The molecule has 6 heteroatoms. The Morgan fingerprint density at radius 2 is 1.91 bits per heavy atom. The van der Waals surface area contributed by atoms with Crippen LogP contribution in [0.5, 0.6) is 5.75 Å². The molecule has 22 heavy (non-hydrogen) atoms. The lowest BCUT2D eigenvalue weighted by molar-refractivity contribution is -0.115. The van der Waals surface area contributed by atoms with Crippen LogP contribution in [0.1, 0.15) is 11.1 Å². The third-order valence-electron chi connectivity index (χ3n) is 3.13. The van der Waals surface area contributed by atoms with Crippen LogP contribution in [0.2, 0.25) is 10.0 Å². The summed E-state index contributed by atoms with van der Waals surface area (Å²) in [7, 11) is 1.52. The molecule has 0 radical (unpaired) electrons. The van der Waals surface area contributed by atoms with Gasteiger partial charge in [0.1, 0.15) is 5.75 Å². The summed E-state index contributed by atoms with van der Waals surface area (Å²) in [4.78, 5) is 12.1. The number of carbonyl (C=O) groups excluding carboxylic acids is 1. The number of aliphatic hydroxyl groups is 1. The number of amides is 1. The van der Waals surface area contributed by atoms with Crippen molar-refractivity contribution in [3.63, 3.8) is 0 Å². The van der Waals surface area contributed by atoms with Gasteiger partial charge in [-0.3, -0.25) is 4.79 Å². The Hall–Kier alpha value is -1.75. The second kappa shape index (κ2) is 7.49. The second-order valence-corrected chi connectivity index (χ2v) is 5.42. The van der Waals surface area contributed by atoms with E-state index in [0.29, 0.717) is 32.6 Å². The zero-order chi connectivity index (χ0) is 16.1. The molecule has 2 aromatic carbocycles. The maximum Gasteiger partial charge on any atom is 0.228 e. The van der Waals surface area contributed by atoms with Crippen molar-refractivity contribution in [1.82, 2.24) is 0 Å². The zero-order valence-electron chi connectivity index (χ0n) is 11.9. The van der Waals surface area contributed by atoms with Crippen LogP contribution in [0, 0.1) is 0 Å². The number of hydrogen-bond acceptors (Lipinski definition) is 3. The minimum absolute atomic E-state index is 0.0684. The molecule has 0 fully saturated rings. The summed E-state index contributed by atoms with van der Waals surface area (Å²) < 4.78 is 5.12. The van der Waals surface area contributed by atoms with Crippen molar-refractivity contribution in [2.24, 2.45) is 0 Å². The van der Waals surface area contributed by atoms with Crippen LogP contribution < -0.4 is 10.1 Å². The van der Waals surface area contributed by atoms with Crippen LogP contribution >= 0.6 is 23.2 Å². The number of ether oxygens (including phenoxy) is 1. The van der Waals surface area contributed by atoms with Gasteiger partial charge in [0.2, 0.25) is 5.91 Å². The molecular formula is C16H15Cl2NO3. The maximum atomic E-state index is 12.1. The van der Waals surface area contributed by atoms with Gasteiger partial charge in [0, 0.05) is 21.3 Å². The summed E-state index contributed by atoms with van der Waals surface area (Å²) in [5.41, 5.74) is 1.74. The minimum Gasteiger partial charge on any atom is -0.496 e. The molecule has 0 aliphatic rings. The molecule has 1 amide bonds. The second-order valence-electron chi connectivity index (χ2n) is 4.61. The van der Waals surface area contributed by atoms with E-state index in [2.05, 4.69) is 5.32 Å². The fourth-order valence-electron chi connectivity index (χ4n) is 2.05. The average molecular weight is 340 g/mol. The van der Waals surface area contributed by atoms with Gasteiger partial charge in [0.25, 0.3) is 0 Å². The molecule has 0 atom stereocenters. The van der Waals surface area contributed by atoms with E-state index >= 15 is 0 Å². The van der Waals surface area contributed by atoms with E-state index in [0.717, 1.165) is 0 Å². The summed E-state index contributed by atoms with van der Waals surface area (Å²) in [5, 5.41) is 12.9. The quantitative estimate of drug-likeness (QED) is 0.873. The lowest BCUT2D eigenvalue weighted by Gasteiger charge is -2.11. The van der Waals surface area contributed by atoms with E-state index in [4.69, 9.17) is 27.9 Å². The number of anilines is 1. The molecule has 0 aliphatic carbocycles. The van der Waals surface area contributed by atoms with Gasteiger partial charge in [-0.25, -0.2) is 0 Å². The van der Waals surface area contributed by atoms with Crippen LogP contribution in [0.25, 0.3) is 0 Å². The molecule has 0 aliphatic heterocycles. The third-order valence-corrected chi connectivity index (χ3v) is 3.84. The molecular weight excluding hydrogens is 325 g/mol. The SMILES string of the molecule is COc1ccc(NC(=O)Cc2c(Cl)cccc2Cl)cc1CO. The molecule has 2 N–H and O–H groups in total. The molecule has 0 bridgehead atoms. The Morgan fingerprint density at radius 1 is 1.23 bits per heavy atom. The predicted molar refractivity (Wildman–Crippen MR) is 87.7 cm³/mol. The summed E-state index contributed by atoms with van der Waals surface area (Å²) in [6, 6.07) is 10.1. The van der Waals surface area contributed by atoms with E-state index in [-0.39, 0.29) is 18.9 Å². The van der Waals surface area contributed by atoms with Gasteiger partial charge in [-0.15, -0.1) is 0 Å². The van der Waals surface area contributed by atoms with Crippen molar-refractivity contribution in [3.8, 4) is 5.75 Å². The molecule has 0 aromatic heterocycles. The van der Waals surface area contributed by atoms with Crippen LogP contribution in [0.15, 0.2) is 36.4 Å². The molecule has 0 spiro atoms. The fourth-order valence-corrected chi connectivity index (χ4v) is 2.58. The van der Waals surface area contributed by atoms with E-state index in [1.165, 1.54) is 7.11 Å². The number of benzene rings is 2. The van der Waals surface area contributed by atoms with Crippen LogP contribution in [0.4, 0.5) is 5.69 Å².